The molecule has 0 fully saturated rings. The smallest absolute Gasteiger partial charge is 0.272 e. The van der Waals surface area contributed by atoms with Crippen molar-refractivity contribution < 1.29 is 4.92 Å². The number of fused-ring (bicyclic) bond motifs is 1. The van der Waals surface area contributed by atoms with E-state index in [0.717, 1.165) is 15.0 Å². The van der Waals surface area contributed by atoms with Crippen molar-refractivity contribution in [2.24, 2.45) is 17.3 Å². The van der Waals surface area contributed by atoms with Gasteiger partial charge in [-0.3, -0.25) is 10.1 Å². The van der Waals surface area contributed by atoms with Gasteiger partial charge in [-0.1, -0.05) is 35.6 Å². The normalized spacial score (nSPS) is 12.8. The second-order valence-corrected chi connectivity index (χ2v) is 6.46. The molecule has 3 rings (SSSR count). The summed E-state index contributed by atoms with van der Waals surface area (Å²) in [6, 6.07) is 13.1. The molecule has 3 aromatic rings. The predicted molar refractivity (Wildman–Crippen MR) is 96.4 cm³/mol. The second kappa shape index (κ2) is 6.37. The van der Waals surface area contributed by atoms with Crippen molar-refractivity contribution in [3.8, 4) is 0 Å². The molecule has 0 aliphatic heterocycles. The van der Waals surface area contributed by atoms with Gasteiger partial charge in [0.15, 0.2) is 0 Å². The molecular formula is C17H16N4O2S. The van der Waals surface area contributed by atoms with Crippen LogP contribution in [0.1, 0.15) is 18.1 Å². The van der Waals surface area contributed by atoms with Gasteiger partial charge in [0.25, 0.3) is 5.69 Å². The van der Waals surface area contributed by atoms with Crippen LogP contribution in [-0.2, 0) is 7.05 Å². The van der Waals surface area contributed by atoms with Crippen LogP contribution >= 0.6 is 11.3 Å². The number of aryl methyl sites for hydroxylation is 2. The first-order chi connectivity index (χ1) is 11.5. The predicted octanol–water partition coefficient (Wildman–Crippen LogP) is 3.78. The molecule has 0 saturated carbocycles. The quantitative estimate of drug-likeness (QED) is 0.413. The van der Waals surface area contributed by atoms with Crippen molar-refractivity contribution in [3.63, 3.8) is 0 Å². The lowest BCUT2D eigenvalue weighted by Gasteiger charge is -2.01. The molecule has 0 spiro atoms. The van der Waals surface area contributed by atoms with Crippen LogP contribution in [0.25, 0.3) is 10.2 Å². The average Bonchev–Trinajstić information content (AvgIpc) is 2.89. The third-order valence-electron chi connectivity index (χ3n) is 3.82. The molecule has 122 valence electrons. The highest BCUT2D eigenvalue weighted by atomic mass is 32.1. The molecule has 2 aromatic carbocycles. The summed E-state index contributed by atoms with van der Waals surface area (Å²) in [5.41, 5.74) is 3.15. The molecule has 0 bridgehead atoms. The third-order valence-corrected chi connectivity index (χ3v) is 4.93. The fraction of sp³-hybridized carbons (Fsp3) is 0.176. The first kappa shape index (κ1) is 16.1. The van der Waals surface area contributed by atoms with Gasteiger partial charge in [0.05, 0.1) is 20.9 Å². The first-order valence-electron chi connectivity index (χ1n) is 7.35. The summed E-state index contributed by atoms with van der Waals surface area (Å²) in [6.07, 6.45) is 0. The number of hydrogen-bond donors (Lipinski definition) is 0. The minimum Gasteiger partial charge on any atom is -0.318 e. The van der Waals surface area contributed by atoms with E-state index in [9.17, 15) is 10.1 Å². The fourth-order valence-electron chi connectivity index (χ4n) is 2.38. The van der Waals surface area contributed by atoms with Gasteiger partial charge in [-0.25, -0.2) is 0 Å². The van der Waals surface area contributed by atoms with Crippen LogP contribution in [0.15, 0.2) is 52.7 Å². The van der Waals surface area contributed by atoms with E-state index < -0.39 is 0 Å². The van der Waals surface area contributed by atoms with Gasteiger partial charge in [-0.2, -0.15) is 5.10 Å². The molecule has 0 N–H and O–H groups in total. The van der Waals surface area contributed by atoms with Gasteiger partial charge in [-0.05, 0) is 26.0 Å². The molecule has 6 nitrogen and oxygen atoms in total. The zero-order chi connectivity index (χ0) is 17.3. The zero-order valence-corrected chi connectivity index (χ0v) is 14.4. The second-order valence-electron chi connectivity index (χ2n) is 5.46. The Morgan fingerprint density at radius 1 is 1.25 bits per heavy atom. The van der Waals surface area contributed by atoms with Gasteiger partial charge < -0.3 is 4.57 Å². The molecule has 0 amide bonds. The summed E-state index contributed by atoms with van der Waals surface area (Å²) in [5, 5.41) is 19.6. The lowest BCUT2D eigenvalue weighted by molar-refractivity contribution is -0.385. The molecular weight excluding hydrogens is 324 g/mol. The summed E-state index contributed by atoms with van der Waals surface area (Å²) in [6.45, 7) is 3.52. The number of rotatable bonds is 3. The van der Waals surface area contributed by atoms with Crippen molar-refractivity contribution in [1.82, 2.24) is 4.57 Å². The number of thiazole rings is 1. The average molecular weight is 340 g/mol. The van der Waals surface area contributed by atoms with E-state index in [-0.39, 0.29) is 10.6 Å². The van der Waals surface area contributed by atoms with Crippen molar-refractivity contribution in [2.45, 2.75) is 13.8 Å². The maximum absolute atomic E-state index is 11.1. The molecule has 0 aliphatic carbocycles. The standard InChI is InChI=1S/C17H16N4O2S/c1-11-8-9-13(10-15(11)21(22)23)12(2)18-19-17-20(3)14-6-4-5-7-16(14)24-17/h4-10H,1-3H3/b18-12+,19-17-. The fourth-order valence-corrected chi connectivity index (χ4v) is 3.35. The van der Waals surface area contributed by atoms with Crippen LogP contribution in [0, 0.1) is 17.0 Å². The highest BCUT2D eigenvalue weighted by molar-refractivity contribution is 7.16. The van der Waals surface area contributed by atoms with E-state index in [4.69, 9.17) is 0 Å². The summed E-state index contributed by atoms with van der Waals surface area (Å²) >= 11 is 1.55. The van der Waals surface area contributed by atoms with Gasteiger partial charge in [0, 0.05) is 24.2 Å². The van der Waals surface area contributed by atoms with Crippen LogP contribution in [0.2, 0.25) is 0 Å². The number of para-hydroxylation sites is 1. The Morgan fingerprint density at radius 3 is 2.71 bits per heavy atom. The van der Waals surface area contributed by atoms with E-state index in [0.29, 0.717) is 16.8 Å². The summed E-state index contributed by atoms with van der Waals surface area (Å²) in [4.78, 5) is 11.5. The highest BCUT2D eigenvalue weighted by Gasteiger charge is 2.12. The van der Waals surface area contributed by atoms with Crippen molar-refractivity contribution >= 4 is 33.0 Å². The highest BCUT2D eigenvalue weighted by Crippen LogP contribution is 2.20. The van der Waals surface area contributed by atoms with Gasteiger partial charge in [0.1, 0.15) is 0 Å². The molecule has 0 unspecified atom stereocenters. The Morgan fingerprint density at radius 2 is 2.00 bits per heavy atom. The monoisotopic (exact) mass is 340 g/mol. The maximum Gasteiger partial charge on any atom is 0.272 e. The van der Waals surface area contributed by atoms with Crippen LogP contribution in [-0.4, -0.2) is 15.2 Å². The van der Waals surface area contributed by atoms with Gasteiger partial charge >= 0.3 is 0 Å². The number of benzene rings is 2. The van der Waals surface area contributed by atoms with Crippen LogP contribution in [0.3, 0.4) is 0 Å². The third kappa shape index (κ3) is 2.98. The minimum atomic E-state index is -0.380. The van der Waals surface area contributed by atoms with Crippen molar-refractivity contribution in [3.05, 3.63) is 68.5 Å². The molecule has 0 aliphatic rings. The lowest BCUT2D eigenvalue weighted by atomic mass is 10.1. The molecule has 24 heavy (non-hydrogen) atoms. The number of nitro benzene ring substituents is 1. The molecule has 0 radical (unpaired) electrons. The largest absolute Gasteiger partial charge is 0.318 e. The van der Waals surface area contributed by atoms with E-state index in [1.54, 1.807) is 31.3 Å². The van der Waals surface area contributed by atoms with Crippen LogP contribution in [0.5, 0.6) is 0 Å². The molecule has 0 saturated heterocycles. The number of hydrogen-bond acceptors (Lipinski definition) is 5. The van der Waals surface area contributed by atoms with Gasteiger partial charge in [-0.15, -0.1) is 5.10 Å². The first-order valence-corrected chi connectivity index (χ1v) is 8.17. The van der Waals surface area contributed by atoms with E-state index in [1.807, 2.05) is 41.9 Å². The topological polar surface area (TPSA) is 72.8 Å². The Hall–Kier alpha value is -2.80. The van der Waals surface area contributed by atoms with Crippen molar-refractivity contribution in [1.29, 1.82) is 0 Å². The van der Waals surface area contributed by atoms with E-state index in [1.165, 1.54) is 6.07 Å². The number of nitrogens with zero attached hydrogens (tertiary/aromatic N) is 4. The molecule has 1 heterocycles. The van der Waals surface area contributed by atoms with Crippen molar-refractivity contribution in [2.75, 3.05) is 0 Å². The lowest BCUT2D eigenvalue weighted by Crippen LogP contribution is -2.09. The molecule has 7 heteroatoms. The number of aromatic nitrogens is 1. The zero-order valence-electron chi connectivity index (χ0n) is 13.6. The van der Waals surface area contributed by atoms with Crippen LogP contribution < -0.4 is 4.80 Å². The Balaban J connectivity index is 2.03. The Bertz CT molecular complexity index is 1030. The summed E-state index contributed by atoms with van der Waals surface area (Å²) in [5.74, 6) is 0. The number of nitro groups is 1. The summed E-state index contributed by atoms with van der Waals surface area (Å²) in [7, 11) is 1.94. The summed E-state index contributed by atoms with van der Waals surface area (Å²) < 4.78 is 3.12. The SMILES string of the molecule is C/C(=N\N=c1/sc2ccccc2n1C)c1ccc(C)c([N+](=O)[O-])c1. The Labute approximate surface area is 142 Å². The van der Waals surface area contributed by atoms with Crippen LogP contribution in [0.4, 0.5) is 5.69 Å². The van der Waals surface area contributed by atoms with Gasteiger partial charge in [0.2, 0.25) is 4.80 Å². The van der Waals surface area contributed by atoms with E-state index in [2.05, 4.69) is 10.2 Å². The Kier molecular flexibility index (Phi) is 4.26. The molecule has 1 aromatic heterocycles. The molecule has 0 atom stereocenters. The van der Waals surface area contributed by atoms with E-state index >= 15 is 0 Å². The maximum atomic E-state index is 11.1. The minimum absolute atomic E-state index is 0.0921.